The fraction of sp³-hybridized carbons (Fsp3) is 0.222. The van der Waals surface area contributed by atoms with Crippen molar-refractivity contribution < 1.29 is 9.59 Å². The summed E-state index contributed by atoms with van der Waals surface area (Å²) in [6.45, 7) is 1.64. The number of hydrogen-bond acceptors (Lipinski definition) is 2. The van der Waals surface area contributed by atoms with Gasteiger partial charge in [-0.05, 0) is 29.8 Å². The number of nitrogens with zero attached hydrogens (tertiary/aromatic N) is 2. The molecule has 2 N–H and O–H groups in total. The highest BCUT2D eigenvalue weighted by molar-refractivity contribution is 6.31. The van der Waals surface area contributed by atoms with Gasteiger partial charge in [0.25, 0.3) is 0 Å². The summed E-state index contributed by atoms with van der Waals surface area (Å²) in [5, 5.41) is 6.23. The van der Waals surface area contributed by atoms with Crippen LogP contribution in [0, 0.1) is 0 Å². The Morgan fingerprint density at radius 3 is 2.80 bits per heavy atom. The van der Waals surface area contributed by atoms with E-state index in [1.54, 1.807) is 35.0 Å². The zero-order valence-corrected chi connectivity index (χ0v) is 14.6. The van der Waals surface area contributed by atoms with Crippen molar-refractivity contribution in [3.05, 3.63) is 59.1 Å². The third kappa shape index (κ3) is 4.03. The minimum atomic E-state index is -0.247. The lowest BCUT2D eigenvalue weighted by atomic mass is 10.2. The fourth-order valence-electron chi connectivity index (χ4n) is 2.64. The predicted octanol–water partition coefficient (Wildman–Crippen LogP) is 3.53. The molecule has 0 radical (unpaired) electrons. The highest BCUT2D eigenvalue weighted by Crippen LogP contribution is 2.22. The SMILES string of the molecule is CN(Cc1ccccc1Cl)C(=O)Nc1cccc(N2CCNC2=O)c1. The van der Waals surface area contributed by atoms with Crippen molar-refractivity contribution in [2.24, 2.45) is 0 Å². The van der Waals surface area contributed by atoms with Gasteiger partial charge in [-0.25, -0.2) is 9.59 Å². The van der Waals surface area contributed by atoms with Crippen molar-refractivity contribution in [1.29, 1.82) is 0 Å². The molecular weight excluding hydrogens is 340 g/mol. The molecule has 25 heavy (non-hydrogen) atoms. The van der Waals surface area contributed by atoms with Crippen LogP contribution in [0.25, 0.3) is 0 Å². The molecule has 7 heteroatoms. The van der Waals surface area contributed by atoms with Crippen LogP contribution in [0.2, 0.25) is 5.02 Å². The molecule has 0 spiro atoms. The number of urea groups is 2. The Balaban J connectivity index is 1.66. The number of halogens is 1. The number of hydrogen-bond donors (Lipinski definition) is 2. The number of amides is 4. The summed E-state index contributed by atoms with van der Waals surface area (Å²) in [6.07, 6.45) is 0. The lowest BCUT2D eigenvalue weighted by molar-refractivity contribution is 0.220. The van der Waals surface area contributed by atoms with Crippen LogP contribution in [-0.2, 0) is 6.54 Å². The first-order valence-corrected chi connectivity index (χ1v) is 8.33. The second kappa shape index (κ2) is 7.44. The maximum absolute atomic E-state index is 12.4. The average molecular weight is 359 g/mol. The molecule has 0 aromatic heterocycles. The van der Waals surface area contributed by atoms with Crippen LogP contribution >= 0.6 is 11.6 Å². The van der Waals surface area contributed by atoms with Gasteiger partial charge in [0.1, 0.15) is 0 Å². The third-order valence-electron chi connectivity index (χ3n) is 3.98. The molecule has 2 aromatic carbocycles. The largest absolute Gasteiger partial charge is 0.336 e. The normalized spacial score (nSPS) is 13.5. The van der Waals surface area contributed by atoms with Gasteiger partial charge in [-0.1, -0.05) is 35.9 Å². The van der Waals surface area contributed by atoms with E-state index in [4.69, 9.17) is 11.6 Å². The Morgan fingerprint density at radius 2 is 2.08 bits per heavy atom. The van der Waals surface area contributed by atoms with Crippen LogP contribution in [0.1, 0.15) is 5.56 Å². The summed E-state index contributed by atoms with van der Waals surface area (Å²) in [4.78, 5) is 27.4. The summed E-state index contributed by atoms with van der Waals surface area (Å²) < 4.78 is 0. The standard InChI is InChI=1S/C18H19ClN4O2/c1-22(12-13-5-2-3-8-16(13)19)18(25)21-14-6-4-7-15(11-14)23-10-9-20-17(23)24/h2-8,11H,9-10,12H2,1H3,(H,20,24)(H,21,25). The zero-order chi connectivity index (χ0) is 17.8. The molecule has 1 aliphatic heterocycles. The van der Waals surface area contributed by atoms with Crippen LogP contribution < -0.4 is 15.5 Å². The molecule has 1 heterocycles. The maximum atomic E-state index is 12.4. The van der Waals surface area contributed by atoms with Gasteiger partial charge in [0.15, 0.2) is 0 Å². The Labute approximate surface area is 151 Å². The number of nitrogens with one attached hydrogen (secondary N) is 2. The molecule has 1 saturated heterocycles. The van der Waals surface area contributed by atoms with E-state index in [0.717, 1.165) is 11.3 Å². The molecule has 0 unspecified atom stereocenters. The highest BCUT2D eigenvalue weighted by Gasteiger charge is 2.21. The second-order valence-electron chi connectivity index (χ2n) is 5.81. The molecule has 0 atom stereocenters. The Hall–Kier alpha value is -2.73. The van der Waals surface area contributed by atoms with E-state index in [2.05, 4.69) is 10.6 Å². The van der Waals surface area contributed by atoms with Gasteiger partial charge in [-0.2, -0.15) is 0 Å². The first-order valence-electron chi connectivity index (χ1n) is 7.95. The van der Waals surface area contributed by atoms with Gasteiger partial charge >= 0.3 is 12.1 Å². The minimum absolute atomic E-state index is 0.126. The van der Waals surface area contributed by atoms with E-state index in [1.807, 2.05) is 30.3 Å². The quantitative estimate of drug-likeness (QED) is 0.878. The Morgan fingerprint density at radius 1 is 1.28 bits per heavy atom. The summed E-state index contributed by atoms with van der Waals surface area (Å²) in [5.74, 6) is 0. The number of carbonyl (C=O) groups is 2. The predicted molar refractivity (Wildman–Crippen MR) is 99.1 cm³/mol. The highest BCUT2D eigenvalue weighted by atomic mass is 35.5. The molecule has 0 saturated carbocycles. The van der Waals surface area contributed by atoms with E-state index in [0.29, 0.717) is 30.3 Å². The zero-order valence-electron chi connectivity index (χ0n) is 13.8. The molecule has 0 bridgehead atoms. The number of rotatable bonds is 4. The Kier molecular flexibility index (Phi) is 5.09. The Bertz CT molecular complexity index is 796. The fourth-order valence-corrected chi connectivity index (χ4v) is 2.84. The van der Waals surface area contributed by atoms with Gasteiger partial charge in [0.05, 0.1) is 0 Å². The molecule has 3 rings (SSSR count). The molecule has 130 valence electrons. The van der Waals surface area contributed by atoms with Crippen LogP contribution in [0.3, 0.4) is 0 Å². The minimum Gasteiger partial charge on any atom is -0.336 e. The number of carbonyl (C=O) groups excluding carboxylic acids is 2. The average Bonchev–Trinajstić information content (AvgIpc) is 3.03. The van der Waals surface area contributed by atoms with Crippen molar-refractivity contribution in [1.82, 2.24) is 10.2 Å². The van der Waals surface area contributed by atoms with E-state index in [1.165, 1.54) is 0 Å². The monoisotopic (exact) mass is 358 g/mol. The lowest BCUT2D eigenvalue weighted by Gasteiger charge is -2.20. The number of benzene rings is 2. The molecule has 6 nitrogen and oxygen atoms in total. The third-order valence-corrected chi connectivity index (χ3v) is 4.35. The van der Waals surface area contributed by atoms with Crippen molar-refractivity contribution in [2.75, 3.05) is 30.4 Å². The first-order chi connectivity index (χ1) is 12.0. The van der Waals surface area contributed by atoms with Gasteiger partial charge in [-0.3, -0.25) is 4.90 Å². The van der Waals surface area contributed by atoms with Gasteiger partial charge in [0.2, 0.25) is 0 Å². The van der Waals surface area contributed by atoms with Crippen LogP contribution in [-0.4, -0.2) is 37.1 Å². The topological polar surface area (TPSA) is 64.7 Å². The second-order valence-corrected chi connectivity index (χ2v) is 6.22. The molecular formula is C18H19ClN4O2. The van der Waals surface area contributed by atoms with Crippen LogP contribution in [0.5, 0.6) is 0 Å². The maximum Gasteiger partial charge on any atom is 0.321 e. The van der Waals surface area contributed by atoms with Gasteiger partial charge in [0, 0.05) is 43.1 Å². The van der Waals surface area contributed by atoms with Crippen LogP contribution in [0.4, 0.5) is 21.0 Å². The summed E-state index contributed by atoms with van der Waals surface area (Å²) in [6, 6.07) is 14.3. The molecule has 1 aliphatic rings. The molecule has 1 fully saturated rings. The summed E-state index contributed by atoms with van der Waals surface area (Å²) in [7, 11) is 1.70. The van der Waals surface area contributed by atoms with Crippen molar-refractivity contribution >= 4 is 35.0 Å². The lowest BCUT2D eigenvalue weighted by Crippen LogP contribution is -2.31. The molecule has 2 aromatic rings. The number of anilines is 2. The van der Waals surface area contributed by atoms with Crippen molar-refractivity contribution in [3.63, 3.8) is 0 Å². The van der Waals surface area contributed by atoms with Gasteiger partial charge < -0.3 is 15.5 Å². The molecule has 4 amide bonds. The molecule has 0 aliphatic carbocycles. The first kappa shape index (κ1) is 17.1. The summed E-state index contributed by atoms with van der Waals surface area (Å²) in [5.41, 5.74) is 2.26. The van der Waals surface area contributed by atoms with Crippen molar-refractivity contribution in [2.45, 2.75) is 6.54 Å². The van der Waals surface area contributed by atoms with E-state index >= 15 is 0 Å². The van der Waals surface area contributed by atoms with E-state index in [-0.39, 0.29) is 12.1 Å². The van der Waals surface area contributed by atoms with E-state index < -0.39 is 0 Å². The smallest absolute Gasteiger partial charge is 0.321 e. The van der Waals surface area contributed by atoms with Crippen LogP contribution in [0.15, 0.2) is 48.5 Å². The van der Waals surface area contributed by atoms with Gasteiger partial charge in [-0.15, -0.1) is 0 Å². The van der Waals surface area contributed by atoms with Crippen molar-refractivity contribution in [3.8, 4) is 0 Å². The van der Waals surface area contributed by atoms with E-state index in [9.17, 15) is 9.59 Å². The summed E-state index contributed by atoms with van der Waals surface area (Å²) >= 11 is 6.14.